The van der Waals surface area contributed by atoms with Crippen molar-refractivity contribution in [3.05, 3.63) is 0 Å². The van der Waals surface area contributed by atoms with Crippen molar-refractivity contribution in [1.82, 2.24) is 10.2 Å². The number of hydrogen-bond donors (Lipinski definition) is 1. The van der Waals surface area contributed by atoms with Crippen LogP contribution < -0.4 is 5.32 Å². The van der Waals surface area contributed by atoms with E-state index in [-0.39, 0.29) is 0 Å². The van der Waals surface area contributed by atoms with E-state index in [1.807, 2.05) is 0 Å². The molecule has 1 aliphatic heterocycles. The third-order valence-corrected chi connectivity index (χ3v) is 3.83. The van der Waals surface area contributed by atoms with Gasteiger partial charge >= 0.3 is 0 Å². The lowest BCUT2D eigenvalue weighted by atomic mass is 9.94. The van der Waals surface area contributed by atoms with Crippen LogP contribution in [0.15, 0.2) is 0 Å². The molecule has 1 saturated heterocycles. The zero-order valence-corrected chi connectivity index (χ0v) is 12.5. The molecular formula is C14H28F2N2O. The molecule has 0 aromatic heterocycles. The molecule has 5 heteroatoms. The molecule has 0 aromatic rings. The van der Waals surface area contributed by atoms with Crippen LogP contribution in [-0.2, 0) is 4.74 Å². The number of piperazine rings is 1. The van der Waals surface area contributed by atoms with E-state index in [4.69, 9.17) is 4.74 Å². The van der Waals surface area contributed by atoms with Gasteiger partial charge in [-0.25, -0.2) is 8.78 Å². The molecule has 0 spiro atoms. The van der Waals surface area contributed by atoms with Crippen LogP contribution in [0, 0.1) is 11.8 Å². The summed E-state index contributed by atoms with van der Waals surface area (Å²) in [5.41, 5.74) is 0. The van der Waals surface area contributed by atoms with Gasteiger partial charge in [-0.2, -0.15) is 0 Å². The highest BCUT2D eigenvalue weighted by molar-refractivity contribution is 4.88. The van der Waals surface area contributed by atoms with E-state index in [0.29, 0.717) is 30.5 Å². The fourth-order valence-corrected chi connectivity index (χ4v) is 2.57. The molecule has 1 heterocycles. The third-order valence-electron chi connectivity index (χ3n) is 3.83. The van der Waals surface area contributed by atoms with Gasteiger partial charge in [0.05, 0.1) is 6.61 Å². The van der Waals surface area contributed by atoms with E-state index in [9.17, 15) is 8.78 Å². The number of nitrogens with zero attached hydrogens (tertiary/aromatic N) is 1. The Labute approximate surface area is 115 Å². The maximum atomic E-state index is 12.0. The van der Waals surface area contributed by atoms with Crippen LogP contribution in [0.1, 0.15) is 27.7 Å². The van der Waals surface area contributed by atoms with Crippen molar-refractivity contribution >= 4 is 0 Å². The summed E-state index contributed by atoms with van der Waals surface area (Å²) < 4.78 is 29.1. The Hall–Kier alpha value is -0.260. The first-order chi connectivity index (χ1) is 8.91. The van der Waals surface area contributed by atoms with Crippen molar-refractivity contribution in [2.75, 3.05) is 32.8 Å². The Balaban J connectivity index is 2.43. The fraction of sp³-hybridized carbons (Fsp3) is 1.00. The molecule has 2 atom stereocenters. The highest BCUT2D eigenvalue weighted by atomic mass is 19.3. The van der Waals surface area contributed by atoms with E-state index in [1.54, 1.807) is 0 Å². The summed E-state index contributed by atoms with van der Waals surface area (Å²) in [7, 11) is 0. The SMILES string of the molecule is CC(C)C1CN(CCOCC(F)F)C(C(C)C)CN1. The lowest BCUT2D eigenvalue weighted by Gasteiger charge is -2.43. The van der Waals surface area contributed by atoms with Gasteiger partial charge in [0.25, 0.3) is 6.43 Å². The number of nitrogens with one attached hydrogen (secondary N) is 1. The zero-order chi connectivity index (χ0) is 14.4. The largest absolute Gasteiger partial charge is 0.374 e. The second kappa shape index (κ2) is 8.12. The van der Waals surface area contributed by atoms with Gasteiger partial charge in [-0.3, -0.25) is 4.90 Å². The molecule has 0 saturated carbocycles. The highest BCUT2D eigenvalue weighted by Gasteiger charge is 2.30. The molecular weight excluding hydrogens is 250 g/mol. The number of hydrogen-bond acceptors (Lipinski definition) is 3. The minimum absolute atomic E-state index is 0.387. The minimum Gasteiger partial charge on any atom is -0.374 e. The number of alkyl halides is 2. The van der Waals surface area contributed by atoms with Gasteiger partial charge in [-0.15, -0.1) is 0 Å². The molecule has 0 amide bonds. The average Bonchev–Trinajstić information content (AvgIpc) is 2.33. The van der Waals surface area contributed by atoms with Crippen molar-refractivity contribution < 1.29 is 13.5 Å². The van der Waals surface area contributed by atoms with Gasteiger partial charge in [-0.05, 0) is 11.8 Å². The number of rotatable bonds is 7. The van der Waals surface area contributed by atoms with Crippen molar-refractivity contribution in [3.63, 3.8) is 0 Å². The molecule has 1 fully saturated rings. The zero-order valence-electron chi connectivity index (χ0n) is 12.5. The van der Waals surface area contributed by atoms with Crippen LogP contribution in [0.5, 0.6) is 0 Å². The molecule has 1 rings (SSSR count). The monoisotopic (exact) mass is 278 g/mol. The summed E-state index contributed by atoms with van der Waals surface area (Å²) in [6.07, 6.45) is -2.37. The van der Waals surface area contributed by atoms with E-state index >= 15 is 0 Å². The Morgan fingerprint density at radius 3 is 2.42 bits per heavy atom. The molecule has 1 N–H and O–H groups in total. The molecule has 3 nitrogen and oxygen atoms in total. The van der Waals surface area contributed by atoms with Crippen LogP contribution >= 0.6 is 0 Å². The number of halogens is 2. The Kier molecular flexibility index (Phi) is 7.18. The van der Waals surface area contributed by atoms with Gasteiger partial charge in [0.1, 0.15) is 6.61 Å². The molecule has 0 bridgehead atoms. The summed E-state index contributed by atoms with van der Waals surface area (Å²) in [6.45, 7) is 11.4. The summed E-state index contributed by atoms with van der Waals surface area (Å²) >= 11 is 0. The lowest BCUT2D eigenvalue weighted by molar-refractivity contribution is -0.00418. The predicted molar refractivity (Wildman–Crippen MR) is 73.7 cm³/mol. The van der Waals surface area contributed by atoms with E-state index < -0.39 is 13.0 Å². The fourth-order valence-electron chi connectivity index (χ4n) is 2.57. The van der Waals surface area contributed by atoms with Gasteiger partial charge in [-0.1, -0.05) is 27.7 Å². The highest BCUT2D eigenvalue weighted by Crippen LogP contribution is 2.18. The minimum atomic E-state index is -2.37. The second-order valence-electron chi connectivity index (χ2n) is 6.03. The van der Waals surface area contributed by atoms with Gasteiger partial charge < -0.3 is 10.1 Å². The molecule has 1 aliphatic rings. The topological polar surface area (TPSA) is 24.5 Å². The molecule has 0 radical (unpaired) electrons. The van der Waals surface area contributed by atoms with Crippen LogP contribution in [0.2, 0.25) is 0 Å². The lowest BCUT2D eigenvalue weighted by Crippen LogP contribution is -2.60. The molecule has 114 valence electrons. The summed E-state index contributed by atoms with van der Waals surface area (Å²) in [5.74, 6) is 1.13. The standard InChI is InChI=1S/C14H28F2N2O/c1-10(2)12-8-18(5-6-19-9-14(15)16)13(7-17-12)11(3)4/h10-14,17H,5-9H2,1-4H3. The van der Waals surface area contributed by atoms with Gasteiger partial charge in [0, 0.05) is 31.7 Å². The van der Waals surface area contributed by atoms with Gasteiger partial charge in [0.2, 0.25) is 0 Å². The normalized spacial score (nSPS) is 25.7. The molecule has 19 heavy (non-hydrogen) atoms. The molecule has 0 aromatic carbocycles. The van der Waals surface area contributed by atoms with Crippen LogP contribution in [0.25, 0.3) is 0 Å². The van der Waals surface area contributed by atoms with Gasteiger partial charge in [0.15, 0.2) is 0 Å². The van der Waals surface area contributed by atoms with Crippen LogP contribution in [0.4, 0.5) is 8.78 Å². The molecule has 2 unspecified atom stereocenters. The van der Waals surface area contributed by atoms with E-state index in [0.717, 1.165) is 19.6 Å². The van der Waals surface area contributed by atoms with Crippen LogP contribution in [-0.4, -0.2) is 56.3 Å². The molecule has 0 aliphatic carbocycles. The Morgan fingerprint density at radius 2 is 1.89 bits per heavy atom. The van der Waals surface area contributed by atoms with E-state index in [1.165, 1.54) is 0 Å². The third kappa shape index (κ3) is 5.71. The predicted octanol–water partition coefficient (Wildman–Crippen LogP) is 2.22. The van der Waals surface area contributed by atoms with Crippen molar-refractivity contribution in [2.45, 2.75) is 46.2 Å². The maximum Gasteiger partial charge on any atom is 0.261 e. The maximum absolute atomic E-state index is 12.0. The second-order valence-corrected chi connectivity index (χ2v) is 6.03. The summed E-state index contributed by atoms with van der Waals surface area (Å²) in [5, 5.41) is 3.59. The average molecular weight is 278 g/mol. The number of ether oxygens (including phenoxy) is 1. The first kappa shape index (κ1) is 16.8. The van der Waals surface area contributed by atoms with Crippen molar-refractivity contribution in [3.8, 4) is 0 Å². The summed E-state index contributed by atoms with van der Waals surface area (Å²) in [6, 6.07) is 0.940. The smallest absolute Gasteiger partial charge is 0.261 e. The quantitative estimate of drug-likeness (QED) is 0.723. The Morgan fingerprint density at radius 1 is 1.21 bits per heavy atom. The first-order valence-corrected chi connectivity index (χ1v) is 7.25. The van der Waals surface area contributed by atoms with E-state index in [2.05, 4.69) is 37.9 Å². The van der Waals surface area contributed by atoms with Crippen molar-refractivity contribution in [2.24, 2.45) is 11.8 Å². The van der Waals surface area contributed by atoms with Crippen LogP contribution in [0.3, 0.4) is 0 Å². The van der Waals surface area contributed by atoms with Crippen molar-refractivity contribution in [1.29, 1.82) is 0 Å². The summed E-state index contributed by atoms with van der Waals surface area (Å²) in [4.78, 5) is 2.39. The first-order valence-electron chi connectivity index (χ1n) is 7.25. The Bertz CT molecular complexity index is 250.